The number of aryl methyl sites for hydroxylation is 1. The number of carbonyl (C=O) groups is 3. The molecule has 142 valence electrons. The molecule has 26 heavy (non-hydrogen) atoms. The second kappa shape index (κ2) is 9.33. The fourth-order valence-electron chi connectivity index (χ4n) is 3.24. The summed E-state index contributed by atoms with van der Waals surface area (Å²) in [5, 5.41) is 12.3. The van der Waals surface area contributed by atoms with Crippen LogP contribution in [0.2, 0.25) is 0 Å². The number of likely N-dealkylation sites (tertiary alicyclic amines) is 1. The van der Waals surface area contributed by atoms with Crippen molar-refractivity contribution in [2.75, 3.05) is 6.54 Å². The minimum Gasteiger partial charge on any atom is -0.480 e. The summed E-state index contributed by atoms with van der Waals surface area (Å²) in [6, 6.07) is 7.63. The van der Waals surface area contributed by atoms with Gasteiger partial charge < -0.3 is 15.7 Å². The van der Waals surface area contributed by atoms with Crippen LogP contribution in [0.5, 0.6) is 0 Å². The number of amides is 2. The van der Waals surface area contributed by atoms with Crippen molar-refractivity contribution >= 4 is 17.8 Å². The second-order valence-corrected chi connectivity index (χ2v) is 6.74. The summed E-state index contributed by atoms with van der Waals surface area (Å²) in [7, 11) is 0. The molecule has 4 N–H and O–H groups in total. The Morgan fingerprint density at radius 1 is 1.31 bits per heavy atom. The lowest BCUT2D eigenvalue weighted by atomic mass is 10.0. The predicted molar refractivity (Wildman–Crippen MR) is 97.3 cm³/mol. The average Bonchev–Trinajstić information content (AvgIpc) is 2.80. The SMILES string of the molecule is CC(C(=O)O)N1CCCCC(NC(CCc2ccccc2)C(N)=O)C1=O. The van der Waals surface area contributed by atoms with E-state index in [1.165, 1.54) is 11.8 Å². The molecule has 7 nitrogen and oxygen atoms in total. The molecule has 1 heterocycles. The number of primary amides is 1. The number of carboxylic acid groups (broad SMARTS) is 1. The first kappa shape index (κ1) is 19.9. The van der Waals surface area contributed by atoms with Gasteiger partial charge in [0.2, 0.25) is 11.8 Å². The Kier molecular flexibility index (Phi) is 7.15. The van der Waals surface area contributed by atoms with Crippen LogP contribution in [0.25, 0.3) is 0 Å². The predicted octanol–water partition coefficient (Wildman–Crippen LogP) is 0.917. The number of nitrogens with zero attached hydrogens (tertiary/aromatic N) is 1. The molecule has 0 aromatic heterocycles. The van der Waals surface area contributed by atoms with Crippen molar-refractivity contribution in [3.8, 4) is 0 Å². The number of hydrogen-bond donors (Lipinski definition) is 3. The quantitative estimate of drug-likeness (QED) is 0.637. The third-order valence-corrected chi connectivity index (χ3v) is 4.86. The molecule has 1 fully saturated rings. The normalized spacial score (nSPS) is 20.3. The van der Waals surface area contributed by atoms with Crippen molar-refractivity contribution in [3.05, 3.63) is 35.9 Å². The smallest absolute Gasteiger partial charge is 0.326 e. The largest absolute Gasteiger partial charge is 0.480 e. The number of carboxylic acids is 1. The van der Waals surface area contributed by atoms with E-state index < -0.39 is 30.0 Å². The Morgan fingerprint density at radius 3 is 2.62 bits per heavy atom. The Balaban J connectivity index is 2.04. The lowest BCUT2D eigenvalue weighted by Crippen LogP contribution is -2.55. The van der Waals surface area contributed by atoms with Gasteiger partial charge in [0, 0.05) is 6.54 Å². The number of hydrogen-bond acceptors (Lipinski definition) is 4. The molecule has 1 saturated heterocycles. The van der Waals surface area contributed by atoms with E-state index in [0.29, 0.717) is 25.8 Å². The third kappa shape index (κ3) is 5.29. The first-order valence-corrected chi connectivity index (χ1v) is 9.02. The van der Waals surface area contributed by atoms with E-state index in [1.807, 2.05) is 30.3 Å². The Bertz CT molecular complexity index is 635. The Morgan fingerprint density at radius 2 is 2.00 bits per heavy atom. The van der Waals surface area contributed by atoms with Gasteiger partial charge in [-0.15, -0.1) is 0 Å². The highest BCUT2D eigenvalue weighted by molar-refractivity contribution is 5.88. The van der Waals surface area contributed by atoms with Crippen molar-refractivity contribution in [3.63, 3.8) is 0 Å². The molecule has 3 unspecified atom stereocenters. The van der Waals surface area contributed by atoms with Crippen LogP contribution in [-0.2, 0) is 20.8 Å². The number of carbonyl (C=O) groups excluding carboxylic acids is 2. The summed E-state index contributed by atoms with van der Waals surface area (Å²) in [5.74, 6) is -1.81. The fraction of sp³-hybridized carbons (Fsp3) is 0.526. The minimum absolute atomic E-state index is 0.275. The van der Waals surface area contributed by atoms with Crippen molar-refractivity contribution in [2.24, 2.45) is 5.73 Å². The molecular weight excluding hydrogens is 334 g/mol. The van der Waals surface area contributed by atoms with Gasteiger partial charge in [-0.3, -0.25) is 14.9 Å². The van der Waals surface area contributed by atoms with Gasteiger partial charge in [-0.05, 0) is 44.6 Å². The lowest BCUT2D eigenvalue weighted by molar-refractivity contribution is -0.150. The summed E-state index contributed by atoms with van der Waals surface area (Å²) >= 11 is 0. The molecule has 0 aliphatic carbocycles. The van der Waals surface area contributed by atoms with E-state index in [0.717, 1.165) is 18.4 Å². The topological polar surface area (TPSA) is 113 Å². The Hall–Kier alpha value is -2.41. The molecular formula is C19H27N3O4. The monoisotopic (exact) mass is 361 g/mol. The second-order valence-electron chi connectivity index (χ2n) is 6.74. The molecule has 1 aromatic carbocycles. The highest BCUT2D eigenvalue weighted by atomic mass is 16.4. The van der Waals surface area contributed by atoms with Crippen LogP contribution in [0.4, 0.5) is 0 Å². The zero-order chi connectivity index (χ0) is 19.1. The van der Waals surface area contributed by atoms with Crippen molar-refractivity contribution in [1.29, 1.82) is 0 Å². The first-order chi connectivity index (χ1) is 12.4. The van der Waals surface area contributed by atoms with Gasteiger partial charge in [-0.2, -0.15) is 0 Å². The fourth-order valence-corrected chi connectivity index (χ4v) is 3.24. The van der Waals surface area contributed by atoms with Crippen LogP contribution in [0.1, 0.15) is 38.2 Å². The van der Waals surface area contributed by atoms with Gasteiger partial charge in [0.05, 0.1) is 12.1 Å². The third-order valence-electron chi connectivity index (χ3n) is 4.86. The number of benzene rings is 1. The van der Waals surface area contributed by atoms with Crippen molar-refractivity contribution < 1.29 is 19.5 Å². The molecule has 0 radical (unpaired) electrons. The lowest BCUT2D eigenvalue weighted by Gasteiger charge is -2.29. The molecule has 1 aliphatic heterocycles. The maximum atomic E-state index is 12.8. The molecule has 2 rings (SSSR count). The summed E-state index contributed by atoms with van der Waals surface area (Å²) in [4.78, 5) is 37.3. The minimum atomic E-state index is -1.03. The molecule has 0 spiro atoms. The molecule has 7 heteroatoms. The van der Waals surface area contributed by atoms with Crippen molar-refractivity contribution in [1.82, 2.24) is 10.2 Å². The van der Waals surface area contributed by atoms with E-state index in [2.05, 4.69) is 5.32 Å². The van der Waals surface area contributed by atoms with Crippen molar-refractivity contribution in [2.45, 2.75) is 57.2 Å². The maximum absolute atomic E-state index is 12.8. The van der Waals surface area contributed by atoms with Crippen LogP contribution in [0.3, 0.4) is 0 Å². The number of nitrogens with two attached hydrogens (primary N) is 1. The number of rotatable bonds is 8. The van der Waals surface area contributed by atoms with E-state index >= 15 is 0 Å². The zero-order valence-corrected chi connectivity index (χ0v) is 15.1. The maximum Gasteiger partial charge on any atom is 0.326 e. The molecule has 0 saturated carbocycles. The van der Waals surface area contributed by atoms with Gasteiger partial charge in [0.1, 0.15) is 6.04 Å². The summed E-state index contributed by atoms with van der Waals surface area (Å²) in [6.07, 6.45) is 3.25. The van der Waals surface area contributed by atoms with E-state index in [4.69, 9.17) is 5.73 Å². The van der Waals surface area contributed by atoms with Crippen LogP contribution < -0.4 is 11.1 Å². The summed E-state index contributed by atoms with van der Waals surface area (Å²) in [5.41, 5.74) is 6.62. The average molecular weight is 361 g/mol. The van der Waals surface area contributed by atoms with Gasteiger partial charge >= 0.3 is 5.97 Å². The molecule has 1 aromatic rings. The summed E-state index contributed by atoms with van der Waals surface area (Å²) < 4.78 is 0. The molecule has 0 bridgehead atoms. The van der Waals surface area contributed by atoms with Gasteiger partial charge in [-0.1, -0.05) is 30.3 Å². The number of aliphatic carboxylic acids is 1. The number of nitrogens with one attached hydrogen (secondary N) is 1. The van der Waals surface area contributed by atoms with E-state index in [-0.39, 0.29) is 5.91 Å². The summed E-state index contributed by atoms with van der Waals surface area (Å²) in [6.45, 7) is 1.92. The highest BCUT2D eigenvalue weighted by Gasteiger charge is 2.34. The van der Waals surface area contributed by atoms with Crippen LogP contribution in [0, 0.1) is 0 Å². The van der Waals surface area contributed by atoms with Crippen LogP contribution in [0.15, 0.2) is 30.3 Å². The molecule has 3 atom stereocenters. The Labute approximate surface area is 153 Å². The van der Waals surface area contributed by atoms with Gasteiger partial charge in [-0.25, -0.2) is 4.79 Å². The highest BCUT2D eigenvalue weighted by Crippen LogP contribution is 2.16. The first-order valence-electron chi connectivity index (χ1n) is 9.02. The zero-order valence-electron chi connectivity index (χ0n) is 15.1. The molecule has 1 aliphatic rings. The van der Waals surface area contributed by atoms with Gasteiger partial charge in [0.25, 0.3) is 0 Å². The van der Waals surface area contributed by atoms with Crippen LogP contribution >= 0.6 is 0 Å². The van der Waals surface area contributed by atoms with Gasteiger partial charge in [0.15, 0.2) is 0 Å². The van der Waals surface area contributed by atoms with Crippen LogP contribution in [-0.4, -0.2) is 52.5 Å². The standard InChI is InChI=1S/C19H27N3O4/c1-13(19(25)26)22-12-6-5-9-16(18(22)24)21-15(17(20)23)11-10-14-7-3-2-4-8-14/h2-4,7-8,13,15-16,21H,5-6,9-12H2,1H3,(H2,20,23)(H,25,26). The molecule has 2 amide bonds. The van der Waals surface area contributed by atoms with E-state index in [1.54, 1.807) is 0 Å². The van der Waals surface area contributed by atoms with E-state index in [9.17, 15) is 19.5 Å².